The number of fused-ring (bicyclic) bond motifs is 1. The maximum absolute atomic E-state index is 13.1. The summed E-state index contributed by atoms with van der Waals surface area (Å²) in [6.07, 6.45) is 0. The number of aromatic nitrogens is 1. The summed E-state index contributed by atoms with van der Waals surface area (Å²) in [5, 5.41) is 10.2. The Morgan fingerprint density at radius 2 is 1.55 bits per heavy atom. The summed E-state index contributed by atoms with van der Waals surface area (Å²) >= 11 is 0. The van der Waals surface area contributed by atoms with Crippen LogP contribution in [-0.2, 0) is 13.1 Å². The maximum Gasteiger partial charge on any atom is 0.274 e. The molecule has 29 heavy (non-hydrogen) atoms. The molecule has 0 aliphatic carbocycles. The van der Waals surface area contributed by atoms with Crippen LogP contribution < -0.4 is 10.2 Å². The van der Waals surface area contributed by atoms with Gasteiger partial charge in [0.2, 0.25) is 11.3 Å². The van der Waals surface area contributed by atoms with Gasteiger partial charge in [-0.05, 0) is 42.0 Å². The summed E-state index contributed by atoms with van der Waals surface area (Å²) in [6, 6.07) is 12.0. The first-order chi connectivity index (χ1) is 13.9. The zero-order chi connectivity index (χ0) is 20.5. The second-order valence-electron chi connectivity index (χ2n) is 6.60. The lowest BCUT2D eigenvalue weighted by atomic mass is 10.1. The molecule has 8 heteroatoms. The van der Waals surface area contributed by atoms with Crippen LogP contribution in [0.2, 0.25) is 0 Å². The Morgan fingerprint density at radius 3 is 2.21 bits per heavy atom. The molecule has 6 nitrogen and oxygen atoms in total. The average molecular weight is 398 g/mol. The highest BCUT2D eigenvalue weighted by Crippen LogP contribution is 2.29. The van der Waals surface area contributed by atoms with Crippen LogP contribution in [0.1, 0.15) is 16.1 Å². The molecule has 0 spiro atoms. The van der Waals surface area contributed by atoms with Crippen LogP contribution in [0.15, 0.2) is 59.4 Å². The van der Waals surface area contributed by atoms with Crippen molar-refractivity contribution < 1.29 is 23.4 Å². The van der Waals surface area contributed by atoms with Crippen molar-refractivity contribution in [2.75, 3.05) is 6.54 Å². The van der Waals surface area contributed by atoms with Gasteiger partial charge < -0.3 is 19.3 Å². The normalized spacial score (nSPS) is 13.3. The van der Waals surface area contributed by atoms with Crippen LogP contribution in [0.25, 0.3) is 0 Å². The van der Waals surface area contributed by atoms with Gasteiger partial charge in [-0.3, -0.25) is 9.59 Å². The number of benzene rings is 2. The van der Waals surface area contributed by atoms with E-state index in [0.717, 1.165) is 6.07 Å². The van der Waals surface area contributed by atoms with Gasteiger partial charge in [0.1, 0.15) is 17.4 Å². The number of aromatic hydroxyl groups is 1. The lowest BCUT2D eigenvalue weighted by Gasteiger charge is -2.31. The van der Waals surface area contributed by atoms with Crippen LogP contribution >= 0.6 is 0 Å². The van der Waals surface area contributed by atoms with E-state index >= 15 is 0 Å². The minimum absolute atomic E-state index is 0.0733. The molecule has 3 aromatic rings. The standard InChI is InChI=1S/C21H16F2N2O4/c22-14-3-1-13(2-4-14)12-24-9-10-25-18(29-16-7-5-15(23)6-8-16)11-17(26)20(27)19(25)21(24)28/h1-8,11,27H,9-10,12H2. The number of ether oxygens (including phenoxy) is 1. The van der Waals surface area contributed by atoms with Gasteiger partial charge in [-0.2, -0.15) is 0 Å². The molecular weight excluding hydrogens is 382 g/mol. The predicted octanol–water partition coefficient (Wildman–Crippen LogP) is 3.28. The number of carbonyl (C=O) groups excluding carboxylic acids is 1. The molecule has 148 valence electrons. The van der Waals surface area contributed by atoms with Gasteiger partial charge in [0, 0.05) is 19.6 Å². The van der Waals surface area contributed by atoms with Crippen molar-refractivity contribution in [2.24, 2.45) is 0 Å². The SMILES string of the molecule is O=C1c2c(O)c(=O)cc(Oc3ccc(F)cc3)n2CCN1Cc1ccc(F)cc1. The minimum Gasteiger partial charge on any atom is -0.503 e. The summed E-state index contributed by atoms with van der Waals surface area (Å²) in [5.41, 5.74) is -0.220. The highest BCUT2D eigenvalue weighted by Gasteiger charge is 2.30. The largest absolute Gasteiger partial charge is 0.503 e. The van der Waals surface area contributed by atoms with Crippen LogP contribution in [0.4, 0.5) is 8.78 Å². The third kappa shape index (κ3) is 3.69. The topological polar surface area (TPSA) is 71.8 Å². The molecular formula is C21H16F2N2O4. The second kappa shape index (κ2) is 7.38. The molecule has 0 unspecified atom stereocenters. The smallest absolute Gasteiger partial charge is 0.274 e. The number of amides is 1. The molecule has 1 aliphatic heterocycles. The van der Waals surface area contributed by atoms with Crippen molar-refractivity contribution in [1.29, 1.82) is 0 Å². The van der Waals surface area contributed by atoms with Crippen molar-refractivity contribution in [3.8, 4) is 17.4 Å². The Bertz CT molecular complexity index is 1130. The van der Waals surface area contributed by atoms with Gasteiger partial charge in [0.05, 0.1) is 6.07 Å². The van der Waals surface area contributed by atoms with Crippen molar-refractivity contribution in [1.82, 2.24) is 9.47 Å². The van der Waals surface area contributed by atoms with Crippen molar-refractivity contribution >= 4 is 5.91 Å². The van der Waals surface area contributed by atoms with Gasteiger partial charge in [0.15, 0.2) is 11.4 Å². The average Bonchev–Trinajstić information content (AvgIpc) is 2.71. The molecule has 0 saturated heterocycles. The summed E-state index contributed by atoms with van der Waals surface area (Å²) in [5.74, 6) is -1.66. The summed E-state index contributed by atoms with van der Waals surface area (Å²) in [4.78, 5) is 26.6. The van der Waals surface area contributed by atoms with Crippen LogP contribution in [0, 0.1) is 11.6 Å². The summed E-state index contributed by atoms with van der Waals surface area (Å²) in [7, 11) is 0. The molecule has 0 saturated carbocycles. The summed E-state index contributed by atoms with van der Waals surface area (Å²) in [6.45, 7) is 0.772. The Morgan fingerprint density at radius 1 is 0.931 bits per heavy atom. The predicted molar refractivity (Wildman–Crippen MR) is 100.0 cm³/mol. The summed E-state index contributed by atoms with van der Waals surface area (Å²) < 4.78 is 33.3. The fourth-order valence-electron chi connectivity index (χ4n) is 3.19. The molecule has 1 N–H and O–H groups in total. The third-order valence-corrected chi connectivity index (χ3v) is 4.65. The van der Waals surface area contributed by atoms with E-state index in [4.69, 9.17) is 4.74 Å². The van der Waals surface area contributed by atoms with E-state index in [2.05, 4.69) is 0 Å². The lowest BCUT2D eigenvalue weighted by molar-refractivity contribution is 0.0678. The molecule has 2 heterocycles. The number of rotatable bonds is 4. The van der Waals surface area contributed by atoms with Gasteiger partial charge in [-0.25, -0.2) is 8.78 Å². The number of pyridine rings is 1. The highest BCUT2D eigenvalue weighted by molar-refractivity contribution is 5.96. The number of hydrogen-bond donors (Lipinski definition) is 1. The van der Waals surface area contributed by atoms with Crippen molar-refractivity contribution in [2.45, 2.75) is 13.1 Å². The van der Waals surface area contributed by atoms with Crippen molar-refractivity contribution in [3.05, 3.63) is 87.7 Å². The molecule has 0 atom stereocenters. The first-order valence-electron chi connectivity index (χ1n) is 8.86. The fraction of sp³-hybridized carbons (Fsp3) is 0.143. The highest BCUT2D eigenvalue weighted by atomic mass is 19.1. The van der Waals surface area contributed by atoms with E-state index in [-0.39, 0.29) is 36.2 Å². The Hall–Kier alpha value is -3.68. The number of hydrogen-bond acceptors (Lipinski definition) is 4. The first kappa shape index (κ1) is 18.7. The van der Waals surface area contributed by atoms with Crippen LogP contribution in [-0.4, -0.2) is 27.0 Å². The number of halogens is 2. The molecule has 1 aliphatic rings. The molecule has 4 rings (SSSR count). The van der Waals surface area contributed by atoms with Gasteiger partial charge in [-0.15, -0.1) is 0 Å². The minimum atomic E-state index is -0.759. The zero-order valence-corrected chi connectivity index (χ0v) is 15.1. The first-order valence-corrected chi connectivity index (χ1v) is 8.86. The van der Waals surface area contributed by atoms with E-state index in [1.54, 1.807) is 12.1 Å². The Labute approximate surface area is 164 Å². The number of carbonyl (C=O) groups is 1. The zero-order valence-electron chi connectivity index (χ0n) is 15.1. The number of nitrogens with zero attached hydrogens (tertiary/aromatic N) is 2. The van der Waals surface area contributed by atoms with E-state index < -0.39 is 22.9 Å². The molecule has 0 bridgehead atoms. The fourth-order valence-corrected chi connectivity index (χ4v) is 3.19. The Balaban J connectivity index is 1.67. The molecule has 1 amide bonds. The van der Waals surface area contributed by atoms with Crippen LogP contribution in [0.3, 0.4) is 0 Å². The van der Waals surface area contributed by atoms with Gasteiger partial charge in [0.25, 0.3) is 5.91 Å². The monoisotopic (exact) mass is 398 g/mol. The Kier molecular flexibility index (Phi) is 4.75. The van der Waals surface area contributed by atoms with Gasteiger partial charge in [-0.1, -0.05) is 12.1 Å². The van der Waals surface area contributed by atoms with E-state index in [9.17, 15) is 23.5 Å². The van der Waals surface area contributed by atoms with Crippen LogP contribution in [0.5, 0.6) is 17.4 Å². The molecule has 2 aromatic carbocycles. The third-order valence-electron chi connectivity index (χ3n) is 4.65. The molecule has 1 aromatic heterocycles. The van der Waals surface area contributed by atoms with E-state index in [0.29, 0.717) is 12.1 Å². The lowest BCUT2D eigenvalue weighted by Crippen LogP contribution is -2.41. The molecule has 0 radical (unpaired) electrons. The van der Waals surface area contributed by atoms with Gasteiger partial charge >= 0.3 is 0 Å². The molecule has 0 fully saturated rings. The van der Waals surface area contributed by atoms with E-state index in [1.165, 1.54) is 45.9 Å². The van der Waals surface area contributed by atoms with E-state index in [1.807, 2.05) is 0 Å². The second-order valence-corrected chi connectivity index (χ2v) is 6.60. The van der Waals surface area contributed by atoms with Crippen molar-refractivity contribution in [3.63, 3.8) is 0 Å². The quantitative estimate of drug-likeness (QED) is 0.732. The maximum atomic E-state index is 13.1.